The summed E-state index contributed by atoms with van der Waals surface area (Å²) in [4.78, 5) is 4.96. The third kappa shape index (κ3) is 5.39. The van der Waals surface area contributed by atoms with Crippen molar-refractivity contribution in [1.29, 1.82) is 0 Å². The molecular weight excluding hydrogens is 380 g/mol. The van der Waals surface area contributed by atoms with Crippen LogP contribution in [-0.2, 0) is 4.74 Å². The number of benzene rings is 3. The number of anilines is 1. The largest absolute Gasteiger partial charge is 0.382 e. The Bertz CT molecular complexity index is 1040. The molecule has 156 valence electrons. The topological polar surface area (TPSA) is 34.1 Å². The molecule has 0 amide bonds. The average Bonchev–Trinajstić information content (AvgIpc) is 2.84. The minimum atomic E-state index is 0.187. The second kappa shape index (κ2) is 10.1. The van der Waals surface area contributed by atoms with E-state index in [2.05, 4.69) is 97.2 Å². The summed E-state index contributed by atoms with van der Waals surface area (Å²) >= 11 is 0. The van der Waals surface area contributed by atoms with E-state index in [-0.39, 0.29) is 6.10 Å². The predicted molar refractivity (Wildman–Crippen MR) is 130 cm³/mol. The summed E-state index contributed by atoms with van der Waals surface area (Å²) in [7, 11) is 0. The van der Waals surface area contributed by atoms with Crippen LogP contribution in [0, 0.1) is 0 Å². The highest BCUT2D eigenvalue weighted by atomic mass is 16.5. The fraction of sp³-hybridized carbons (Fsp3) is 0.179. The number of aromatic nitrogens is 1. The zero-order valence-corrected chi connectivity index (χ0v) is 18.1. The van der Waals surface area contributed by atoms with E-state index in [1.54, 1.807) is 0 Å². The fourth-order valence-corrected chi connectivity index (χ4v) is 3.60. The summed E-state index contributed by atoms with van der Waals surface area (Å²) in [5.74, 6) is 0. The monoisotopic (exact) mass is 408 g/mol. The molecule has 1 atom stereocenters. The molecule has 4 rings (SSSR count). The maximum atomic E-state index is 5.60. The van der Waals surface area contributed by atoms with Crippen molar-refractivity contribution in [3.8, 4) is 33.6 Å². The van der Waals surface area contributed by atoms with E-state index in [9.17, 15) is 0 Å². The summed E-state index contributed by atoms with van der Waals surface area (Å²) in [6.45, 7) is 5.63. The molecule has 0 aliphatic rings. The summed E-state index contributed by atoms with van der Waals surface area (Å²) in [5, 5.41) is 3.45. The van der Waals surface area contributed by atoms with Gasteiger partial charge in [-0.1, -0.05) is 72.8 Å². The van der Waals surface area contributed by atoms with E-state index >= 15 is 0 Å². The van der Waals surface area contributed by atoms with Crippen molar-refractivity contribution in [3.05, 3.63) is 97.1 Å². The van der Waals surface area contributed by atoms with Crippen LogP contribution < -0.4 is 5.32 Å². The lowest BCUT2D eigenvalue weighted by Crippen LogP contribution is -2.19. The molecule has 31 heavy (non-hydrogen) atoms. The SMILES string of the molecule is CCOC(C)CNc1ccc(-c2cc(-c3ccccc3)nc(-c3ccccc3)c2)cc1. The van der Waals surface area contributed by atoms with E-state index in [4.69, 9.17) is 9.72 Å². The maximum Gasteiger partial charge on any atom is 0.0719 e. The van der Waals surface area contributed by atoms with Crippen molar-refractivity contribution in [1.82, 2.24) is 4.98 Å². The van der Waals surface area contributed by atoms with Crippen LogP contribution >= 0.6 is 0 Å². The van der Waals surface area contributed by atoms with Gasteiger partial charge in [0.15, 0.2) is 0 Å². The Morgan fingerprint density at radius 2 is 1.26 bits per heavy atom. The maximum absolute atomic E-state index is 5.60. The van der Waals surface area contributed by atoms with Crippen LogP contribution in [0.4, 0.5) is 5.69 Å². The molecule has 0 aliphatic carbocycles. The molecule has 0 spiro atoms. The number of hydrogen-bond acceptors (Lipinski definition) is 3. The summed E-state index contributed by atoms with van der Waals surface area (Å²) in [5.41, 5.74) is 7.60. The Kier molecular flexibility index (Phi) is 6.75. The minimum absolute atomic E-state index is 0.187. The highest BCUT2D eigenvalue weighted by Crippen LogP contribution is 2.30. The zero-order chi connectivity index (χ0) is 21.5. The van der Waals surface area contributed by atoms with Gasteiger partial charge in [-0.2, -0.15) is 0 Å². The number of pyridine rings is 1. The van der Waals surface area contributed by atoms with Gasteiger partial charge < -0.3 is 10.1 Å². The molecule has 1 unspecified atom stereocenters. The quantitative estimate of drug-likeness (QED) is 0.344. The molecule has 0 saturated heterocycles. The first kappa shape index (κ1) is 20.8. The Hall–Kier alpha value is -3.43. The number of hydrogen-bond donors (Lipinski definition) is 1. The van der Waals surface area contributed by atoms with E-state index in [0.717, 1.165) is 46.9 Å². The van der Waals surface area contributed by atoms with E-state index in [1.165, 1.54) is 5.56 Å². The van der Waals surface area contributed by atoms with Crippen LogP contribution in [-0.4, -0.2) is 24.2 Å². The van der Waals surface area contributed by atoms with Crippen molar-refractivity contribution < 1.29 is 4.74 Å². The van der Waals surface area contributed by atoms with Crippen molar-refractivity contribution in [2.45, 2.75) is 20.0 Å². The predicted octanol–water partition coefficient (Wildman–Crippen LogP) is 6.92. The number of nitrogens with zero attached hydrogens (tertiary/aromatic N) is 1. The number of rotatable bonds is 8. The van der Waals surface area contributed by atoms with Gasteiger partial charge in [-0.15, -0.1) is 0 Å². The van der Waals surface area contributed by atoms with Crippen LogP contribution in [0.5, 0.6) is 0 Å². The van der Waals surface area contributed by atoms with Gasteiger partial charge in [0.25, 0.3) is 0 Å². The first-order valence-electron chi connectivity index (χ1n) is 10.8. The van der Waals surface area contributed by atoms with Gasteiger partial charge in [0.2, 0.25) is 0 Å². The van der Waals surface area contributed by atoms with Crippen LogP contribution in [0.2, 0.25) is 0 Å². The lowest BCUT2D eigenvalue weighted by atomic mass is 10.00. The second-order valence-electron chi connectivity index (χ2n) is 7.58. The lowest BCUT2D eigenvalue weighted by molar-refractivity contribution is 0.0855. The van der Waals surface area contributed by atoms with Crippen molar-refractivity contribution in [2.75, 3.05) is 18.5 Å². The zero-order valence-electron chi connectivity index (χ0n) is 18.1. The smallest absolute Gasteiger partial charge is 0.0719 e. The molecular formula is C28H28N2O. The van der Waals surface area contributed by atoms with Crippen LogP contribution in [0.25, 0.3) is 33.6 Å². The third-order valence-corrected chi connectivity index (χ3v) is 5.23. The average molecular weight is 409 g/mol. The number of nitrogens with one attached hydrogen (secondary N) is 1. The molecule has 0 saturated carbocycles. The molecule has 3 nitrogen and oxygen atoms in total. The van der Waals surface area contributed by atoms with Gasteiger partial charge in [0.05, 0.1) is 17.5 Å². The second-order valence-corrected chi connectivity index (χ2v) is 7.58. The van der Waals surface area contributed by atoms with E-state index in [0.29, 0.717) is 0 Å². The summed E-state index contributed by atoms with van der Waals surface area (Å²) in [6, 6.07) is 33.6. The molecule has 3 aromatic carbocycles. The standard InChI is InChI=1S/C28H28N2O/c1-3-31-21(2)20-29-26-16-14-22(15-17-26)25-18-27(23-10-6-4-7-11-23)30-28(19-25)24-12-8-5-9-13-24/h4-19,21,29H,3,20H2,1-2H3. The highest BCUT2D eigenvalue weighted by molar-refractivity contribution is 5.77. The Balaban J connectivity index is 1.66. The fourth-order valence-electron chi connectivity index (χ4n) is 3.60. The van der Waals surface area contributed by atoms with E-state index in [1.807, 2.05) is 19.1 Å². The normalized spacial score (nSPS) is 11.8. The highest BCUT2D eigenvalue weighted by Gasteiger charge is 2.09. The summed E-state index contributed by atoms with van der Waals surface area (Å²) in [6.07, 6.45) is 0.187. The van der Waals surface area contributed by atoms with Gasteiger partial charge in [-0.25, -0.2) is 4.98 Å². The van der Waals surface area contributed by atoms with Crippen molar-refractivity contribution in [3.63, 3.8) is 0 Å². The minimum Gasteiger partial charge on any atom is -0.382 e. The first-order valence-corrected chi connectivity index (χ1v) is 10.8. The van der Waals surface area contributed by atoms with Gasteiger partial charge in [-0.3, -0.25) is 0 Å². The van der Waals surface area contributed by atoms with Gasteiger partial charge in [0, 0.05) is 30.0 Å². The molecule has 0 radical (unpaired) electrons. The van der Waals surface area contributed by atoms with Crippen LogP contribution in [0.1, 0.15) is 13.8 Å². The van der Waals surface area contributed by atoms with E-state index < -0.39 is 0 Å². The van der Waals surface area contributed by atoms with Crippen molar-refractivity contribution in [2.24, 2.45) is 0 Å². The molecule has 1 aromatic heterocycles. The Morgan fingerprint density at radius 1 is 0.710 bits per heavy atom. The van der Waals surface area contributed by atoms with Gasteiger partial charge in [-0.05, 0) is 49.2 Å². The molecule has 4 aromatic rings. The third-order valence-electron chi connectivity index (χ3n) is 5.23. The molecule has 3 heteroatoms. The van der Waals surface area contributed by atoms with Crippen molar-refractivity contribution >= 4 is 5.69 Å². The molecule has 1 heterocycles. The van der Waals surface area contributed by atoms with Crippen LogP contribution in [0.3, 0.4) is 0 Å². The first-order chi connectivity index (χ1) is 15.2. The lowest BCUT2D eigenvalue weighted by Gasteiger charge is -2.14. The Morgan fingerprint density at radius 3 is 1.77 bits per heavy atom. The Labute approximate surface area is 184 Å². The van der Waals surface area contributed by atoms with Crippen LogP contribution in [0.15, 0.2) is 97.1 Å². The van der Waals surface area contributed by atoms with Gasteiger partial charge >= 0.3 is 0 Å². The molecule has 0 aliphatic heterocycles. The summed E-state index contributed by atoms with van der Waals surface area (Å²) < 4.78 is 5.60. The molecule has 1 N–H and O–H groups in total. The molecule has 0 fully saturated rings. The number of ether oxygens (including phenoxy) is 1. The molecule has 0 bridgehead atoms. The van der Waals surface area contributed by atoms with Gasteiger partial charge in [0.1, 0.15) is 0 Å².